The Balaban J connectivity index is 2.26. The molecule has 0 atom stereocenters. The van der Waals surface area contributed by atoms with Gasteiger partial charge in [0.05, 0.1) is 39.7 Å². The summed E-state index contributed by atoms with van der Waals surface area (Å²) in [6.07, 6.45) is 0. The van der Waals surface area contributed by atoms with Crippen molar-refractivity contribution < 1.29 is 38.1 Å². The van der Waals surface area contributed by atoms with Crippen molar-refractivity contribution >= 4 is 23.3 Å². The Labute approximate surface area is 186 Å². The van der Waals surface area contributed by atoms with Gasteiger partial charge in [-0.05, 0) is 18.2 Å². The summed E-state index contributed by atoms with van der Waals surface area (Å²) in [6, 6.07) is 7.48. The Morgan fingerprint density at radius 2 is 1.38 bits per heavy atom. The van der Waals surface area contributed by atoms with Crippen LogP contribution in [0.1, 0.15) is 34.6 Å². The molecule has 0 aromatic heterocycles. The maximum atomic E-state index is 12.8. The van der Waals surface area contributed by atoms with E-state index in [1.807, 2.05) is 0 Å². The van der Waals surface area contributed by atoms with Crippen molar-refractivity contribution in [2.75, 3.05) is 40.4 Å². The quantitative estimate of drug-likeness (QED) is 0.438. The van der Waals surface area contributed by atoms with Crippen molar-refractivity contribution in [3.63, 3.8) is 0 Å². The first kappa shape index (κ1) is 24.5. The standard InChI is InChI=1S/C23H27NO8/c1-13(2)22(26)24-16-11-21(31-6)20(30-5)10-15(16)23(27)32-12-17(25)14-7-8-18(28-3)19(9-14)29-4/h7-11,13H,12H2,1-6H3,(H,24,26). The van der Waals surface area contributed by atoms with Gasteiger partial charge < -0.3 is 29.0 Å². The number of ether oxygens (including phenoxy) is 5. The molecule has 2 aromatic carbocycles. The van der Waals surface area contributed by atoms with Crippen LogP contribution >= 0.6 is 0 Å². The number of carbonyl (C=O) groups excluding carboxylic acids is 3. The molecule has 9 heteroatoms. The lowest BCUT2D eigenvalue weighted by molar-refractivity contribution is -0.118. The molecule has 0 saturated carbocycles. The number of carbonyl (C=O) groups is 3. The fourth-order valence-corrected chi connectivity index (χ4v) is 2.73. The minimum absolute atomic E-state index is 0.0248. The zero-order valence-corrected chi connectivity index (χ0v) is 18.9. The zero-order chi connectivity index (χ0) is 23.8. The van der Waals surface area contributed by atoms with Gasteiger partial charge in [-0.3, -0.25) is 9.59 Å². The summed E-state index contributed by atoms with van der Waals surface area (Å²) < 4.78 is 26.0. The maximum absolute atomic E-state index is 12.8. The third-order valence-corrected chi connectivity index (χ3v) is 4.57. The minimum atomic E-state index is -0.807. The van der Waals surface area contributed by atoms with Crippen molar-refractivity contribution in [2.24, 2.45) is 5.92 Å². The highest BCUT2D eigenvalue weighted by molar-refractivity contribution is 6.04. The second kappa shape index (κ2) is 11.0. The molecule has 0 aliphatic heterocycles. The third-order valence-electron chi connectivity index (χ3n) is 4.57. The summed E-state index contributed by atoms with van der Waals surface area (Å²) in [5.41, 5.74) is 0.498. The summed E-state index contributed by atoms with van der Waals surface area (Å²) >= 11 is 0. The number of benzene rings is 2. The smallest absolute Gasteiger partial charge is 0.340 e. The second-order valence-electron chi connectivity index (χ2n) is 6.97. The van der Waals surface area contributed by atoms with E-state index in [0.717, 1.165) is 0 Å². The number of nitrogens with one attached hydrogen (secondary N) is 1. The molecular formula is C23H27NO8. The highest BCUT2D eigenvalue weighted by Gasteiger charge is 2.22. The highest BCUT2D eigenvalue weighted by Crippen LogP contribution is 2.34. The van der Waals surface area contributed by atoms with Gasteiger partial charge in [-0.15, -0.1) is 0 Å². The molecule has 0 radical (unpaired) electrons. The third kappa shape index (κ3) is 5.69. The highest BCUT2D eigenvalue weighted by atomic mass is 16.5. The summed E-state index contributed by atoms with van der Waals surface area (Å²) in [4.78, 5) is 37.5. The molecule has 0 bridgehead atoms. The van der Waals surface area contributed by atoms with Gasteiger partial charge in [-0.25, -0.2) is 4.79 Å². The lowest BCUT2D eigenvalue weighted by Gasteiger charge is -2.16. The van der Waals surface area contributed by atoms with Gasteiger partial charge in [0.1, 0.15) is 0 Å². The van der Waals surface area contributed by atoms with Crippen LogP contribution in [0.5, 0.6) is 23.0 Å². The molecule has 0 heterocycles. The van der Waals surface area contributed by atoms with E-state index in [1.54, 1.807) is 26.0 Å². The van der Waals surface area contributed by atoms with Crippen LogP contribution in [0.15, 0.2) is 30.3 Å². The van der Waals surface area contributed by atoms with Gasteiger partial charge in [0.2, 0.25) is 5.91 Å². The SMILES string of the molecule is COc1ccc(C(=O)COC(=O)c2cc(OC)c(OC)cc2NC(=O)C(C)C)cc1OC. The van der Waals surface area contributed by atoms with Gasteiger partial charge in [0.25, 0.3) is 0 Å². The van der Waals surface area contributed by atoms with Crippen LogP contribution in [-0.2, 0) is 9.53 Å². The number of rotatable bonds is 10. The summed E-state index contributed by atoms with van der Waals surface area (Å²) in [6.45, 7) is 2.92. The lowest BCUT2D eigenvalue weighted by atomic mass is 10.1. The van der Waals surface area contributed by atoms with Crippen LogP contribution in [0.25, 0.3) is 0 Å². The predicted octanol–water partition coefficient (Wildman–Crippen LogP) is 3.36. The van der Waals surface area contributed by atoms with Gasteiger partial charge >= 0.3 is 5.97 Å². The minimum Gasteiger partial charge on any atom is -0.493 e. The number of anilines is 1. The number of amides is 1. The molecule has 32 heavy (non-hydrogen) atoms. The fraction of sp³-hybridized carbons (Fsp3) is 0.348. The van der Waals surface area contributed by atoms with E-state index in [2.05, 4.69) is 5.32 Å². The Bertz CT molecular complexity index is 1000. The zero-order valence-electron chi connectivity index (χ0n) is 18.9. The Kier molecular flexibility index (Phi) is 8.46. The van der Waals surface area contributed by atoms with Crippen LogP contribution in [0.2, 0.25) is 0 Å². The van der Waals surface area contributed by atoms with Gasteiger partial charge in [0.15, 0.2) is 35.4 Å². The van der Waals surface area contributed by atoms with Crippen LogP contribution in [0.4, 0.5) is 5.69 Å². The molecule has 9 nitrogen and oxygen atoms in total. The molecule has 1 amide bonds. The molecule has 2 aromatic rings. The van der Waals surface area contributed by atoms with E-state index in [4.69, 9.17) is 23.7 Å². The first-order chi connectivity index (χ1) is 15.2. The molecule has 172 valence electrons. The Hall–Kier alpha value is -3.75. The van der Waals surface area contributed by atoms with E-state index >= 15 is 0 Å². The number of Topliss-reactive ketones (excluding diaryl/α,β-unsaturated/α-hetero) is 1. The van der Waals surface area contributed by atoms with Crippen molar-refractivity contribution in [1.29, 1.82) is 0 Å². The molecular weight excluding hydrogens is 418 g/mol. The summed E-state index contributed by atoms with van der Waals surface area (Å²) in [5.74, 6) is -0.421. The predicted molar refractivity (Wildman–Crippen MR) is 117 cm³/mol. The van der Waals surface area contributed by atoms with Crippen molar-refractivity contribution in [1.82, 2.24) is 0 Å². The number of hydrogen-bond donors (Lipinski definition) is 1. The number of ketones is 1. The normalized spacial score (nSPS) is 10.3. The Morgan fingerprint density at radius 1 is 0.812 bits per heavy atom. The molecule has 2 rings (SSSR count). The van der Waals surface area contributed by atoms with Gasteiger partial charge in [0, 0.05) is 23.6 Å². The summed E-state index contributed by atoms with van der Waals surface area (Å²) in [5, 5.41) is 2.67. The Morgan fingerprint density at radius 3 is 1.94 bits per heavy atom. The van der Waals surface area contributed by atoms with Crippen molar-refractivity contribution in [3.8, 4) is 23.0 Å². The summed E-state index contributed by atoms with van der Waals surface area (Å²) in [7, 11) is 5.79. The largest absolute Gasteiger partial charge is 0.493 e. The average Bonchev–Trinajstić information content (AvgIpc) is 2.81. The van der Waals surface area contributed by atoms with E-state index in [9.17, 15) is 14.4 Å². The number of esters is 1. The van der Waals surface area contributed by atoms with E-state index in [0.29, 0.717) is 17.2 Å². The van der Waals surface area contributed by atoms with E-state index in [1.165, 1.54) is 46.6 Å². The van der Waals surface area contributed by atoms with Crippen LogP contribution in [0, 0.1) is 5.92 Å². The average molecular weight is 445 g/mol. The molecule has 0 saturated heterocycles. The fourth-order valence-electron chi connectivity index (χ4n) is 2.73. The van der Waals surface area contributed by atoms with Crippen LogP contribution in [0.3, 0.4) is 0 Å². The molecule has 0 fully saturated rings. The van der Waals surface area contributed by atoms with Crippen molar-refractivity contribution in [2.45, 2.75) is 13.8 Å². The van der Waals surface area contributed by atoms with E-state index in [-0.39, 0.29) is 34.4 Å². The number of methoxy groups -OCH3 is 4. The molecule has 1 N–H and O–H groups in total. The second-order valence-corrected chi connectivity index (χ2v) is 6.97. The van der Waals surface area contributed by atoms with Gasteiger partial charge in [-0.1, -0.05) is 13.8 Å². The first-order valence-electron chi connectivity index (χ1n) is 9.74. The number of hydrogen-bond acceptors (Lipinski definition) is 8. The van der Waals surface area contributed by atoms with Crippen LogP contribution in [-0.4, -0.2) is 52.7 Å². The van der Waals surface area contributed by atoms with Crippen molar-refractivity contribution in [3.05, 3.63) is 41.5 Å². The molecule has 0 spiro atoms. The molecule has 0 unspecified atom stereocenters. The van der Waals surface area contributed by atoms with Gasteiger partial charge in [-0.2, -0.15) is 0 Å². The van der Waals surface area contributed by atoms with Crippen LogP contribution < -0.4 is 24.3 Å². The molecule has 0 aliphatic rings. The molecule has 0 aliphatic carbocycles. The topological polar surface area (TPSA) is 109 Å². The maximum Gasteiger partial charge on any atom is 0.340 e. The first-order valence-corrected chi connectivity index (χ1v) is 9.74. The lowest BCUT2D eigenvalue weighted by Crippen LogP contribution is -2.21. The van der Waals surface area contributed by atoms with E-state index < -0.39 is 18.4 Å². The monoisotopic (exact) mass is 445 g/mol.